The summed E-state index contributed by atoms with van der Waals surface area (Å²) in [5.41, 5.74) is 2.72. The second-order valence-electron chi connectivity index (χ2n) is 5.34. The summed E-state index contributed by atoms with van der Waals surface area (Å²) in [6.07, 6.45) is 1.30. The molecule has 0 aromatic heterocycles. The summed E-state index contributed by atoms with van der Waals surface area (Å²) in [6, 6.07) is 9.49. The Labute approximate surface area is 105 Å². The normalized spacial score (nSPS) is 25.0. The standard InChI is InChI=1S/C15H24N2/c1-4-16-14-8-13(3)10-17(11-14)15-7-5-6-12(2)9-15/h5-7,9,13-14,16H,4,8,10-11H2,1-3H3. The minimum absolute atomic E-state index is 0.643. The van der Waals surface area contributed by atoms with Crippen molar-refractivity contribution >= 4 is 5.69 Å². The van der Waals surface area contributed by atoms with Gasteiger partial charge in [0.05, 0.1) is 0 Å². The molecule has 0 aliphatic carbocycles. The number of anilines is 1. The molecule has 17 heavy (non-hydrogen) atoms. The maximum absolute atomic E-state index is 3.59. The molecule has 2 rings (SSSR count). The van der Waals surface area contributed by atoms with Gasteiger partial charge in [-0.25, -0.2) is 0 Å². The number of likely N-dealkylation sites (N-methyl/N-ethyl adjacent to an activating group) is 1. The molecule has 0 spiro atoms. The zero-order valence-corrected chi connectivity index (χ0v) is 11.2. The molecule has 0 amide bonds. The van der Waals surface area contributed by atoms with Gasteiger partial charge in [0.1, 0.15) is 0 Å². The molecule has 2 atom stereocenters. The van der Waals surface area contributed by atoms with E-state index in [0.29, 0.717) is 6.04 Å². The van der Waals surface area contributed by atoms with Crippen LogP contribution in [0.15, 0.2) is 24.3 Å². The predicted molar refractivity (Wildman–Crippen MR) is 74.6 cm³/mol. The van der Waals surface area contributed by atoms with Crippen LogP contribution in [0.4, 0.5) is 5.69 Å². The maximum Gasteiger partial charge on any atom is 0.0369 e. The van der Waals surface area contributed by atoms with Gasteiger partial charge in [0, 0.05) is 24.8 Å². The van der Waals surface area contributed by atoms with E-state index in [1.54, 1.807) is 0 Å². The van der Waals surface area contributed by atoms with Crippen LogP contribution in [0.25, 0.3) is 0 Å². The monoisotopic (exact) mass is 232 g/mol. The summed E-state index contributed by atoms with van der Waals surface area (Å²) in [6.45, 7) is 10.1. The summed E-state index contributed by atoms with van der Waals surface area (Å²) >= 11 is 0. The van der Waals surface area contributed by atoms with Gasteiger partial charge < -0.3 is 10.2 Å². The molecule has 1 aromatic carbocycles. The SMILES string of the molecule is CCNC1CC(C)CN(c2cccc(C)c2)C1. The number of nitrogens with one attached hydrogen (secondary N) is 1. The molecule has 1 N–H and O–H groups in total. The number of rotatable bonds is 3. The number of piperidine rings is 1. The van der Waals surface area contributed by atoms with E-state index in [0.717, 1.165) is 19.0 Å². The van der Waals surface area contributed by atoms with Crippen LogP contribution in [-0.2, 0) is 0 Å². The molecule has 94 valence electrons. The maximum atomic E-state index is 3.59. The Morgan fingerprint density at radius 2 is 2.18 bits per heavy atom. The number of hydrogen-bond donors (Lipinski definition) is 1. The smallest absolute Gasteiger partial charge is 0.0369 e. The zero-order chi connectivity index (χ0) is 12.3. The third-order valence-corrected chi connectivity index (χ3v) is 3.52. The van der Waals surface area contributed by atoms with Gasteiger partial charge in [0.25, 0.3) is 0 Å². The van der Waals surface area contributed by atoms with Crippen LogP contribution in [0.2, 0.25) is 0 Å². The van der Waals surface area contributed by atoms with E-state index >= 15 is 0 Å². The zero-order valence-electron chi connectivity index (χ0n) is 11.2. The summed E-state index contributed by atoms with van der Waals surface area (Å²) in [7, 11) is 0. The van der Waals surface area contributed by atoms with Crippen LogP contribution >= 0.6 is 0 Å². The average molecular weight is 232 g/mol. The van der Waals surface area contributed by atoms with Crippen molar-refractivity contribution in [2.75, 3.05) is 24.5 Å². The Kier molecular flexibility index (Phi) is 4.06. The Balaban J connectivity index is 2.09. The second-order valence-corrected chi connectivity index (χ2v) is 5.34. The average Bonchev–Trinajstić information content (AvgIpc) is 2.28. The summed E-state index contributed by atoms with van der Waals surface area (Å²) in [4.78, 5) is 2.52. The third kappa shape index (κ3) is 3.22. The van der Waals surface area contributed by atoms with Crippen LogP contribution in [0.5, 0.6) is 0 Å². The number of hydrogen-bond acceptors (Lipinski definition) is 2. The first kappa shape index (κ1) is 12.4. The third-order valence-electron chi connectivity index (χ3n) is 3.52. The van der Waals surface area contributed by atoms with Gasteiger partial charge in [-0.2, -0.15) is 0 Å². The lowest BCUT2D eigenvalue weighted by Gasteiger charge is -2.38. The van der Waals surface area contributed by atoms with Gasteiger partial charge in [-0.15, -0.1) is 0 Å². The van der Waals surface area contributed by atoms with Gasteiger partial charge in [0.15, 0.2) is 0 Å². The van der Waals surface area contributed by atoms with Crippen molar-refractivity contribution in [1.29, 1.82) is 0 Å². The quantitative estimate of drug-likeness (QED) is 0.862. The van der Waals surface area contributed by atoms with Gasteiger partial charge in [0.2, 0.25) is 0 Å². The molecule has 1 aromatic rings. The van der Waals surface area contributed by atoms with Gasteiger partial charge in [-0.1, -0.05) is 26.0 Å². The summed E-state index contributed by atoms with van der Waals surface area (Å²) in [5, 5.41) is 3.59. The molecule has 1 saturated heterocycles. The van der Waals surface area contributed by atoms with Crippen LogP contribution in [0.1, 0.15) is 25.8 Å². The second kappa shape index (κ2) is 5.54. The van der Waals surface area contributed by atoms with Crippen LogP contribution in [0, 0.1) is 12.8 Å². The highest BCUT2D eigenvalue weighted by Crippen LogP contribution is 2.23. The van der Waals surface area contributed by atoms with Crippen molar-refractivity contribution in [1.82, 2.24) is 5.32 Å². The fraction of sp³-hybridized carbons (Fsp3) is 0.600. The van der Waals surface area contributed by atoms with Crippen molar-refractivity contribution in [2.45, 2.75) is 33.2 Å². The molecule has 1 heterocycles. The Morgan fingerprint density at radius 1 is 1.35 bits per heavy atom. The van der Waals surface area contributed by atoms with Crippen molar-refractivity contribution in [3.05, 3.63) is 29.8 Å². The predicted octanol–water partition coefficient (Wildman–Crippen LogP) is 2.82. The molecule has 1 fully saturated rings. The van der Waals surface area contributed by atoms with Gasteiger partial charge in [-0.05, 0) is 43.5 Å². The topological polar surface area (TPSA) is 15.3 Å². The lowest BCUT2D eigenvalue weighted by Crippen LogP contribution is -2.48. The van der Waals surface area contributed by atoms with Crippen LogP contribution in [-0.4, -0.2) is 25.7 Å². The van der Waals surface area contributed by atoms with E-state index in [1.165, 1.54) is 24.2 Å². The van der Waals surface area contributed by atoms with Crippen LogP contribution < -0.4 is 10.2 Å². The van der Waals surface area contributed by atoms with E-state index in [-0.39, 0.29) is 0 Å². The molecule has 2 unspecified atom stereocenters. The fourth-order valence-corrected chi connectivity index (χ4v) is 2.82. The van der Waals surface area contributed by atoms with Crippen molar-refractivity contribution in [3.63, 3.8) is 0 Å². The summed E-state index contributed by atoms with van der Waals surface area (Å²) in [5.74, 6) is 0.772. The molecule has 0 radical (unpaired) electrons. The van der Waals surface area contributed by atoms with E-state index in [9.17, 15) is 0 Å². The molecule has 2 nitrogen and oxygen atoms in total. The van der Waals surface area contributed by atoms with Crippen LogP contribution in [0.3, 0.4) is 0 Å². The Bertz CT molecular complexity index is 362. The molecule has 0 bridgehead atoms. The number of benzene rings is 1. The van der Waals surface area contributed by atoms with E-state index in [1.807, 2.05) is 0 Å². The highest BCUT2D eigenvalue weighted by molar-refractivity contribution is 5.49. The molecule has 1 aliphatic rings. The highest BCUT2D eigenvalue weighted by atomic mass is 15.2. The lowest BCUT2D eigenvalue weighted by molar-refractivity contribution is 0.356. The fourth-order valence-electron chi connectivity index (χ4n) is 2.82. The molecular weight excluding hydrogens is 208 g/mol. The molecular formula is C15H24N2. The van der Waals surface area contributed by atoms with Crippen molar-refractivity contribution < 1.29 is 0 Å². The Hall–Kier alpha value is -1.02. The largest absolute Gasteiger partial charge is 0.370 e. The van der Waals surface area contributed by atoms with Crippen molar-refractivity contribution in [3.8, 4) is 0 Å². The molecule has 2 heteroatoms. The van der Waals surface area contributed by atoms with E-state index < -0.39 is 0 Å². The first-order chi connectivity index (χ1) is 8.19. The minimum Gasteiger partial charge on any atom is -0.370 e. The number of aryl methyl sites for hydroxylation is 1. The molecule has 0 saturated carbocycles. The van der Waals surface area contributed by atoms with Gasteiger partial charge >= 0.3 is 0 Å². The van der Waals surface area contributed by atoms with Crippen molar-refractivity contribution in [2.24, 2.45) is 5.92 Å². The number of nitrogens with zero attached hydrogens (tertiary/aromatic N) is 1. The molecule has 1 aliphatic heterocycles. The lowest BCUT2D eigenvalue weighted by atomic mass is 9.95. The minimum atomic E-state index is 0.643. The van der Waals surface area contributed by atoms with E-state index in [4.69, 9.17) is 0 Å². The first-order valence-electron chi connectivity index (χ1n) is 6.74. The highest BCUT2D eigenvalue weighted by Gasteiger charge is 2.24. The summed E-state index contributed by atoms with van der Waals surface area (Å²) < 4.78 is 0. The van der Waals surface area contributed by atoms with Gasteiger partial charge in [-0.3, -0.25) is 0 Å². The van der Waals surface area contributed by atoms with E-state index in [2.05, 4.69) is 55.3 Å². The first-order valence-corrected chi connectivity index (χ1v) is 6.74. The Morgan fingerprint density at radius 3 is 2.88 bits per heavy atom.